The normalized spacial score (nSPS) is 6.40. The topological polar surface area (TPSA) is 124 Å². The molecule has 0 fully saturated rings. The predicted octanol–water partition coefficient (Wildman–Crippen LogP) is -2.74. The van der Waals surface area contributed by atoms with Crippen LogP contribution in [-0.2, 0) is 26.6 Å². The molecule has 0 rings (SSSR count). The minimum absolute atomic E-state index is 0. The summed E-state index contributed by atoms with van der Waals surface area (Å²) in [5.41, 5.74) is 0. The van der Waals surface area contributed by atoms with Crippen molar-refractivity contribution < 1.29 is 41.6 Å². The van der Waals surface area contributed by atoms with Crippen LogP contribution >= 0.6 is 0 Å². The number of carboxylic acids is 1. The zero-order chi connectivity index (χ0) is 6.57. The Hall–Kier alpha value is -0.781. The molecule has 0 saturated carbocycles. The smallest absolute Gasteiger partial charge is 0.548 e. The van der Waals surface area contributed by atoms with E-state index in [9.17, 15) is 19.8 Å². The Morgan fingerprint density at radius 3 is 1.80 bits per heavy atom. The molecule has 10 heavy (non-hydrogen) atoms. The average molecular weight is 199 g/mol. The van der Waals surface area contributed by atoms with E-state index in [-0.39, 0.29) is 23.2 Å². The van der Waals surface area contributed by atoms with Crippen LogP contribution < -0.4 is 16.4 Å². The van der Waals surface area contributed by atoms with Crippen molar-refractivity contribution in [2.45, 2.75) is 0 Å². The van der Waals surface area contributed by atoms with Gasteiger partial charge in [0.2, 0.25) is 0 Å². The van der Waals surface area contributed by atoms with Crippen LogP contribution in [0.25, 0.3) is 0 Å². The third kappa shape index (κ3) is 15.7. The van der Waals surface area contributed by atoms with Crippen LogP contribution in [-0.4, -0.2) is 18.7 Å². The van der Waals surface area contributed by atoms with Gasteiger partial charge >= 0.3 is 17.1 Å². The number of rotatable bonds is 2. The van der Waals surface area contributed by atoms with Gasteiger partial charge in [-0.3, -0.25) is 0 Å². The maximum atomic E-state index is 9.38. The zero-order valence-electron chi connectivity index (χ0n) is 4.76. The van der Waals surface area contributed by atoms with Crippen LogP contribution in [0.2, 0.25) is 0 Å². The number of carbonyl (C=O) groups excluding carboxylic acids is 2. The van der Waals surface area contributed by atoms with Crippen molar-refractivity contribution in [2.75, 3.05) is 6.61 Å². The molecule has 0 bridgehead atoms. The van der Waals surface area contributed by atoms with E-state index < -0.39 is 18.7 Å². The molecule has 0 aromatic heterocycles. The van der Waals surface area contributed by atoms with E-state index >= 15 is 0 Å². The van der Waals surface area contributed by atoms with Gasteiger partial charge in [-0.1, -0.05) is 0 Å². The monoisotopic (exact) mass is 198 g/mol. The summed E-state index contributed by atoms with van der Waals surface area (Å²) in [6, 6.07) is 0. The molecule has 7 heteroatoms. The molecule has 0 amide bonds. The molecular formula is C3H5CuNO5. The molecule has 0 saturated heterocycles. The quantitative estimate of drug-likeness (QED) is 0.379. The molecule has 0 heterocycles. The Morgan fingerprint density at radius 2 is 1.70 bits per heavy atom. The van der Waals surface area contributed by atoms with Crippen molar-refractivity contribution in [3.05, 3.63) is 0 Å². The third-order valence-corrected chi connectivity index (χ3v) is 0.308. The number of carbonyl (C=O) groups is 2. The molecule has 0 aliphatic heterocycles. The summed E-state index contributed by atoms with van der Waals surface area (Å²) in [7, 11) is 0. The van der Waals surface area contributed by atoms with Gasteiger partial charge in [-0.05, 0) is 0 Å². The first-order valence-electron chi connectivity index (χ1n) is 1.66. The summed E-state index contributed by atoms with van der Waals surface area (Å²) < 4.78 is 3.45. The molecular weight excluding hydrogens is 194 g/mol. The number of hydrogen-bond donors (Lipinski definition) is 1. The SMILES string of the molecule is N.O=C([O-])COC(=O)[O-].[Cu+2]. The fourth-order valence-electron chi connectivity index (χ4n) is 0.118. The first kappa shape index (κ1) is 16.1. The van der Waals surface area contributed by atoms with Crippen molar-refractivity contribution in [3.63, 3.8) is 0 Å². The summed E-state index contributed by atoms with van der Waals surface area (Å²) in [5.74, 6) is -1.59. The van der Waals surface area contributed by atoms with Gasteiger partial charge in [0.15, 0.2) is 0 Å². The Labute approximate surface area is 67.2 Å². The largest absolute Gasteiger partial charge is 2.00 e. The number of aliphatic carboxylic acids is 1. The molecule has 6 nitrogen and oxygen atoms in total. The summed E-state index contributed by atoms with van der Waals surface area (Å²) in [4.78, 5) is 18.7. The third-order valence-electron chi connectivity index (χ3n) is 0.308. The van der Waals surface area contributed by atoms with Crippen LogP contribution in [0.1, 0.15) is 0 Å². The molecule has 0 aromatic rings. The molecule has 1 radical (unpaired) electrons. The minimum Gasteiger partial charge on any atom is -0.548 e. The van der Waals surface area contributed by atoms with Crippen molar-refractivity contribution in [3.8, 4) is 0 Å². The summed E-state index contributed by atoms with van der Waals surface area (Å²) in [6.07, 6.45) is -1.87. The van der Waals surface area contributed by atoms with Crippen LogP contribution in [0.4, 0.5) is 4.79 Å². The van der Waals surface area contributed by atoms with Gasteiger partial charge in [0.1, 0.15) is 0 Å². The standard InChI is InChI=1S/C3H4O5.Cu.H3N/c4-2(5)1-8-3(6)7;;/h1H2,(H,4,5)(H,6,7);;1H3/q;+2;/p-2. The van der Waals surface area contributed by atoms with E-state index in [0.29, 0.717) is 0 Å². The minimum atomic E-state index is -1.87. The number of hydrogen-bond acceptors (Lipinski definition) is 6. The van der Waals surface area contributed by atoms with E-state index in [0.717, 1.165) is 0 Å². The van der Waals surface area contributed by atoms with Crippen molar-refractivity contribution >= 4 is 12.1 Å². The number of carboxylic acid groups (broad SMARTS) is 2. The van der Waals surface area contributed by atoms with E-state index in [4.69, 9.17) is 0 Å². The van der Waals surface area contributed by atoms with E-state index in [1.165, 1.54) is 0 Å². The maximum absolute atomic E-state index is 9.38. The summed E-state index contributed by atoms with van der Waals surface area (Å²) >= 11 is 0. The molecule has 0 unspecified atom stereocenters. The van der Waals surface area contributed by atoms with Gasteiger partial charge in [0, 0.05) is 0 Å². The average Bonchev–Trinajstić information content (AvgIpc) is 1.61. The van der Waals surface area contributed by atoms with Gasteiger partial charge in [-0.15, -0.1) is 0 Å². The van der Waals surface area contributed by atoms with Crippen LogP contribution in [0.3, 0.4) is 0 Å². The maximum Gasteiger partial charge on any atom is 2.00 e. The second kappa shape index (κ2) is 8.22. The van der Waals surface area contributed by atoms with Crippen molar-refractivity contribution in [2.24, 2.45) is 0 Å². The molecule has 0 aromatic carbocycles. The first-order valence-corrected chi connectivity index (χ1v) is 1.66. The fourth-order valence-corrected chi connectivity index (χ4v) is 0.118. The first-order chi connectivity index (χ1) is 3.63. The molecule has 3 N–H and O–H groups in total. The fraction of sp³-hybridized carbons (Fsp3) is 0.333. The van der Waals surface area contributed by atoms with Gasteiger partial charge in [0.05, 0.1) is 12.6 Å². The van der Waals surface area contributed by atoms with Crippen molar-refractivity contribution in [1.82, 2.24) is 6.15 Å². The number of ether oxygens (including phenoxy) is 1. The van der Waals surface area contributed by atoms with Gasteiger partial charge in [-0.25, -0.2) is 0 Å². The molecule has 0 atom stereocenters. The Balaban J connectivity index is -0.000000245. The zero-order valence-corrected chi connectivity index (χ0v) is 5.70. The molecule has 0 spiro atoms. The predicted molar refractivity (Wildman–Crippen MR) is 21.4 cm³/mol. The molecule has 63 valence electrons. The van der Waals surface area contributed by atoms with E-state index in [2.05, 4.69) is 4.74 Å². The Bertz CT molecular complexity index is 101. The summed E-state index contributed by atoms with van der Waals surface area (Å²) in [6.45, 7) is -0.970. The van der Waals surface area contributed by atoms with Gasteiger partial charge < -0.3 is 30.7 Å². The Morgan fingerprint density at radius 1 is 1.30 bits per heavy atom. The summed E-state index contributed by atoms with van der Waals surface area (Å²) in [5, 5.41) is 18.7. The second-order valence-corrected chi connectivity index (χ2v) is 0.911. The molecule has 0 aliphatic rings. The van der Waals surface area contributed by atoms with Crippen LogP contribution in [0.15, 0.2) is 0 Å². The van der Waals surface area contributed by atoms with Gasteiger partial charge in [0.25, 0.3) is 6.16 Å². The van der Waals surface area contributed by atoms with Gasteiger partial charge in [-0.2, -0.15) is 0 Å². The van der Waals surface area contributed by atoms with Crippen molar-refractivity contribution in [1.29, 1.82) is 0 Å². The van der Waals surface area contributed by atoms with Crippen LogP contribution in [0.5, 0.6) is 0 Å². The molecule has 0 aliphatic carbocycles. The second-order valence-electron chi connectivity index (χ2n) is 0.911. The van der Waals surface area contributed by atoms with E-state index in [1.807, 2.05) is 0 Å². The Kier molecular flexibility index (Phi) is 13.2. The van der Waals surface area contributed by atoms with Crippen LogP contribution in [0, 0.1) is 0 Å². The van der Waals surface area contributed by atoms with E-state index in [1.54, 1.807) is 0 Å².